The third kappa shape index (κ3) is 3.41. The van der Waals surface area contributed by atoms with Gasteiger partial charge < -0.3 is 14.8 Å². The maximum absolute atomic E-state index is 11.4. The topological polar surface area (TPSA) is 83.7 Å². The third-order valence-electron chi connectivity index (χ3n) is 2.49. The van der Waals surface area contributed by atoms with Crippen LogP contribution in [0.5, 0.6) is 0 Å². The van der Waals surface area contributed by atoms with Gasteiger partial charge in [-0.15, -0.1) is 0 Å². The zero-order valence-corrected chi connectivity index (χ0v) is 10.1. The maximum atomic E-state index is 11.4. The number of aliphatic carboxylic acids is 1. The number of hydrogen-bond acceptors (Lipinski definition) is 3. The number of fused-ring (bicyclic) bond motifs is 1. The third-order valence-corrected chi connectivity index (χ3v) is 2.49. The molecule has 0 aliphatic rings. The van der Waals surface area contributed by atoms with Crippen LogP contribution in [-0.2, 0) is 9.59 Å². The van der Waals surface area contributed by atoms with Gasteiger partial charge in [0, 0.05) is 18.8 Å². The van der Waals surface area contributed by atoms with Crippen molar-refractivity contribution in [2.75, 3.05) is 6.54 Å². The average Bonchev–Trinajstić information content (AvgIpc) is 2.79. The first-order valence-electron chi connectivity index (χ1n) is 5.76. The van der Waals surface area contributed by atoms with Crippen molar-refractivity contribution >= 4 is 23.6 Å². The molecule has 1 amide bonds. The van der Waals surface area contributed by atoms with E-state index in [0.29, 0.717) is 0 Å². The predicted molar refractivity (Wildman–Crippen MR) is 69.5 cm³/mol. The zero-order chi connectivity index (χ0) is 13.7. The number of aromatic nitrogens is 2. The van der Waals surface area contributed by atoms with E-state index in [1.165, 1.54) is 6.08 Å². The number of imidazole rings is 1. The van der Waals surface area contributed by atoms with Gasteiger partial charge in [0.1, 0.15) is 5.65 Å². The molecule has 6 nitrogen and oxygen atoms in total. The van der Waals surface area contributed by atoms with E-state index >= 15 is 0 Å². The molecule has 6 heteroatoms. The molecule has 0 saturated carbocycles. The number of nitrogens with zero attached hydrogens (tertiary/aromatic N) is 2. The van der Waals surface area contributed by atoms with Gasteiger partial charge >= 0.3 is 5.97 Å². The Morgan fingerprint density at radius 3 is 3.05 bits per heavy atom. The Morgan fingerprint density at radius 1 is 1.42 bits per heavy atom. The Balaban J connectivity index is 1.98. The van der Waals surface area contributed by atoms with Crippen LogP contribution in [0.25, 0.3) is 11.7 Å². The highest BCUT2D eigenvalue weighted by atomic mass is 16.4. The molecule has 2 N–H and O–H groups in total. The molecule has 0 aromatic carbocycles. The number of amides is 1. The van der Waals surface area contributed by atoms with Gasteiger partial charge in [0.25, 0.3) is 0 Å². The molecule has 0 aliphatic heterocycles. The van der Waals surface area contributed by atoms with Gasteiger partial charge in [-0.2, -0.15) is 0 Å². The van der Waals surface area contributed by atoms with Crippen LogP contribution in [0.3, 0.4) is 0 Å². The molecular formula is C13H13N3O3. The second-order valence-electron chi connectivity index (χ2n) is 3.88. The Hall–Kier alpha value is -2.63. The van der Waals surface area contributed by atoms with Gasteiger partial charge in [-0.05, 0) is 18.2 Å². The van der Waals surface area contributed by atoms with Gasteiger partial charge in [0.2, 0.25) is 5.91 Å². The first kappa shape index (κ1) is 12.8. The largest absolute Gasteiger partial charge is 0.481 e. The number of carboxylic acids is 1. The van der Waals surface area contributed by atoms with Crippen LogP contribution in [0.4, 0.5) is 0 Å². The number of nitrogens with one attached hydrogen (secondary N) is 1. The van der Waals surface area contributed by atoms with Gasteiger partial charge in [-0.1, -0.05) is 6.07 Å². The summed E-state index contributed by atoms with van der Waals surface area (Å²) in [5.74, 6) is -1.27. The molecule has 0 spiro atoms. The summed E-state index contributed by atoms with van der Waals surface area (Å²) in [6, 6.07) is 5.62. The number of pyridine rings is 1. The summed E-state index contributed by atoms with van der Waals surface area (Å²) in [5, 5.41) is 10.9. The van der Waals surface area contributed by atoms with E-state index in [2.05, 4.69) is 10.3 Å². The summed E-state index contributed by atoms with van der Waals surface area (Å²) in [6.07, 6.45) is 6.42. The highest BCUT2D eigenvalue weighted by molar-refractivity contribution is 5.91. The van der Waals surface area contributed by atoms with E-state index in [0.717, 1.165) is 11.3 Å². The molecular weight excluding hydrogens is 246 g/mol. The standard InChI is InChI=1S/C13H13N3O3/c17-12(14-7-6-13(18)19)5-4-10-9-15-11-3-1-2-8-16(10)11/h1-5,8-9H,6-7H2,(H,14,17)(H,18,19)/b5-4+. The van der Waals surface area contributed by atoms with E-state index in [1.54, 1.807) is 12.3 Å². The molecule has 0 fully saturated rings. The monoisotopic (exact) mass is 259 g/mol. The number of carbonyl (C=O) groups excluding carboxylic acids is 1. The van der Waals surface area contributed by atoms with Crippen molar-refractivity contribution in [3.8, 4) is 0 Å². The van der Waals surface area contributed by atoms with Crippen LogP contribution in [-0.4, -0.2) is 32.9 Å². The highest BCUT2D eigenvalue weighted by Crippen LogP contribution is 2.07. The Labute approximate surface area is 109 Å². The van der Waals surface area contributed by atoms with Crippen LogP contribution in [0.1, 0.15) is 12.1 Å². The molecule has 2 aromatic rings. The van der Waals surface area contributed by atoms with Crippen LogP contribution < -0.4 is 5.32 Å². The SMILES string of the molecule is O=C(O)CCNC(=O)/C=C/c1cnc2ccccn12. The maximum Gasteiger partial charge on any atom is 0.305 e. The van der Waals surface area contributed by atoms with Crippen molar-refractivity contribution in [1.29, 1.82) is 0 Å². The fraction of sp³-hybridized carbons (Fsp3) is 0.154. The van der Waals surface area contributed by atoms with E-state index in [1.807, 2.05) is 28.8 Å². The number of carbonyl (C=O) groups is 2. The molecule has 0 atom stereocenters. The van der Waals surface area contributed by atoms with E-state index in [-0.39, 0.29) is 18.9 Å². The molecule has 0 saturated heterocycles. The molecule has 98 valence electrons. The highest BCUT2D eigenvalue weighted by Gasteiger charge is 2.01. The van der Waals surface area contributed by atoms with Crippen LogP contribution in [0.15, 0.2) is 36.7 Å². The number of hydrogen-bond donors (Lipinski definition) is 2. The minimum absolute atomic E-state index is 0.0881. The summed E-state index contributed by atoms with van der Waals surface area (Å²) in [7, 11) is 0. The van der Waals surface area contributed by atoms with Crippen molar-refractivity contribution < 1.29 is 14.7 Å². The van der Waals surface area contributed by atoms with E-state index < -0.39 is 5.97 Å². The lowest BCUT2D eigenvalue weighted by Crippen LogP contribution is -2.23. The van der Waals surface area contributed by atoms with Crippen molar-refractivity contribution in [1.82, 2.24) is 14.7 Å². The van der Waals surface area contributed by atoms with Crippen molar-refractivity contribution in [2.24, 2.45) is 0 Å². The van der Waals surface area contributed by atoms with Crippen molar-refractivity contribution in [2.45, 2.75) is 6.42 Å². The molecule has 19 heavy (non-hydrogen) atoms. The molecule has 0 aliphatic carbocycles. The number of rotatable bonds is 5. The van der Waals surface area contributed by atoms with E-state index in [4.69, 9.17) is 5.11 Å². The Kier molecular flexibility index (Phi) is 3.92. The average molecular weight is 259 g/mol. The van der Waals surface area contributed by atoms with Crippen LogP contribution in [0, 0.1) is 0 Å². The Morgan fingerprint density at radius 2 is 2.26 bits per heavy atom. The molecule has 0 radical (unpaired) electrons. The van der Waals surface area contributed by atoms with Gasteiger partial charge in [-0.25, -0.2) is 4.98 Å². The Bertz CT molecular complexity index is 631. The number of carboxylic acid groups (broad SMARTS) is 1. The van der Waals surface area contributed by atoms with Crippen molar-refractivity contribution in [3.63, 3.8) is 0 Å². The summed E-state index contributed by atoms with van der Waals surface area (Å²) in [5.41, 5.74) is 1.58. The predicted octanol–water partition coefficient (Wildman–Crippen LogP) is 0.938. The minimum atomic E-state index is -0.939. The summed E-state index contributed by atoms with van der Waals surface area (Å²) in [6.45, 7) is 0.117. The second-order valence-corrected chi connectivity index (χ2v) is 3.88. The summed E-state index contributed by atoms with van der Waals surface area (Å²) in [4.78, 5) is 25.9. The van der Waals surface area contributed by atoms with Gasteiger partial charge in [0.15, 0.2) is 0 Å². The van der Waals surface area contributed by atoms with Crippen molar-refractivity contribution in [3.05, 3.63) is 42.4 Å². The second kappa shape index (κ2) is 5.81. The lowest BCUT2D eigenvalue weighted by molar-refractivity contribution is -0.136. The minimum Gasteiger partial charge on any atom is -0.481 e. The molecule has 2 rings (SSSR count). The lowest BCUT2D eigenvalue weighted by Gasteiger charge is -1.98. The molecule has 2 heterocycles. The smallest absolute Gasteiger partial charge is 0.305 e. The first-order chi connectivity index (χ1) is 9.16. The molecule has 0 unspecified atom stereocenters. The summed E-state index contributed by atoms with van der Waals surface area (Å²) >= 11 is 0. The molecule has 0 bridgehead atoms. The molecule has 2 aromatic heterocycles. The summed E-state index contributed by atoms with van der Waals surface area (Å²) < 4.78 is 1.85. The van der Waals surface area contributed by atoms with Gasteiger partial charge in [-0.3, -0.25) is 9.59 Å². The zero-order valence-electron chi connectivity index (χ0n) is 10.1. The van der Waals surface area contributed by atoms with E-state index in [9.17, 15) is 9.59 Å². The van der Waals surface area contributed by atoms with Crippen LogP contribution in [0.2, 0.25) is 0 Å². The lowest BCUT2D eigenvalue weighted by atomic mass is 10.3. The normalized spacial score (nSPS) is 10.9. The fourth-order valence-electron chi connectivity index (χ4n) is 1.59. The van der Waals surface area contributed by atoms with Gasteiger partial charge in [0.05, 0.1) is 18.3 Å². The fourth-order valence-corrected chi connectivity index (χ4v) is 1.59. The first-order valence-corrected chi connectivity index (χ1v) is 5.76. The quantitative estimate of drug-likeness (QED) is 0.783. The van der Waals surface area contributed by atoms with Crippen LogP contribution >= 0.6 is 0 Å².